The van der Waals surface area contributed by atoms with Crippen molar-refractivity contribution in [3.63, 3.8) is 0 Å². The maximum absolute atomic E-state index is 16.5. The summed E-state index contributed by atoms with van der Waals surface area (Å²) in [7, 11) is -5.27. The first-order valence-electron chi connectivity index (χ1n) is 21.1. The van der Waals surface area contributed by atoms with Crippen LogP contribution in [0.3, 0.4) is 0 Å². The molecule has 6 heterocycles. The van der Waals surface area contributed by atoms with Crippen molar-refractivity contribution >= 4 is 49.0 Å². The van der Waals surface area contributed by atoms with Crippen LogP contribution in [0.2, 0.25) is 0 Å². The molecule has 3 aromatic heterocycles. The Labute approximate surface area is 369 Å². The number of hydrogen-bond acceptors (Lipinski definition) is 17. The highest BCUT2D eigenvalue weighted by Gasteiger charge is 2.55. The van der Waals surface area contributed by atoms with E-state index in [1.165, 1.54) is 49.4 Å². The van der Waals surface area contributed by atoms with Gasteiger partial charge in [-0.3, -0.25) is 41.8 Å². The first-order chi connectivity index (χ1) is 30.7. The highest BCUT2D eigenvalue weighted by Crippen LogP contribution is 2.64. The number of nitrogen functional groups attached to an aromatic ring is 1. The molecule has 3 saturated heterocycles. The molecule has 10 atom stereocenters. The van der Waals surface area contributed by atoms with E-state index in [0.717, 1.165) is 37.9 Å². The minimum absolute atomic E-state index is 0.0146. The summed E-state index contributed by atoms with van der Waals surface area (Å²) in [4.78, 5) is 62.0. The first-order valence-corrected chi connectivity index (χ1v) is 25.7. The minimum Gasteiger partial charge on any atom is -0.427 e. The molecule has 3 fully saturated rings. The monoisotopic (exact) mass is 957 g/mol. The Bertz CT molecular complexity index is 2430. The maximum Gasteiger partial charge on any atom is 0.472 e. The maximum atomic E-state index is 16.5. The van der Waals surface area contributed by atoms with Gasteiger partial charge in [0, 0.05) is 24.4 Å². The molecule has 4 N–H and O–H groups in total. The van der Waals surface area contributed by atoms with Gasteiger partial charge in [-0.1, -0.05) is 76.8 Å². The lowest BCUT2D eigenvalue weighted by atomic mass is 10.1. The Kier molecular flexibility index (Phi) is 16.2. The van der Waals surface area contributed by atoms with Crippen molar-refractivity contribution in [2.45, 2.75) is 133 Å². The molecule has 350 valence electrons. The van der Waals surface area contributed by atoms with E-state index in [2.05, 4.69) is 21.9 Å². The number of esters is 1. The average molecular weight is 958 g/mol. The van der Waals surface area contributed by atoms with Crippen LogP contribution in [0.4, 0.5) is 14.6 Å². The van der Waals surface area contributed by atoms with E-state index in [4.69, 9.17) is 38.0 Å². The zero-order valence-corrected chi connectivity index (χ0v) is 37.5. The van der Waals surface area contributed by atoms with Gasteiger partial charge < -0.3 is 24.8 Å². The molecule has 0 amide bonds. The molecular formula is C39H51F2N7O13P2S. The normalized spacial score (nSPS) is 29.8. The van der Waals surface area contributed by atoms with Crippen molar-refractivity contribution in [1.29, 1.82) is 0 Å². The lowest BCUT2D eigenvalue weighted by molar-refractivity contribution is -0.134. The summed E-state index contributed by atoms with van der Waals surface area (Å²) >= 11 is 0.599. The van der Waals surface area contributed by atoms with Crippen LogP contribution in [-0.2, 0) is 47.2 Å². The molecule has 25 heteroatoms. The second-order valence-electron chi connectivity index (χ2n) is 15.6. The summed E-state index contributed by atoms with van der Waals surface area (Å²) in [6.45, 7) is -4.21. The molecule has 2 unspecified atom stereocenters. The van der Waals surface area contributed by atoms with E-state index in [1.54, 1.807) is 24.3 Å². The quantitative estimate of drug-likeness (QED) is 0.0435. The van der Waals surface area contributed by atoms with Crippen molar-refractivity contribution in [2.75, 3.05) is 18.9 Å². The molecular weight excluding hydrogens is 906 g/mol. The number of carbonyl (C=O) groups excluding carboxylic acids is 1. The molecule has 3 aliphatic heterocycles. The Balaban J connectivity index is 1.06. The number of alkyl halides is 2. The molecule has 0 saturated carbocycles. The lowest BCUT2D eigenvalue weighted by Crippen LogP contribution is -2.36. The van der Waals surface area contributed by atoms with E-state index < -0.39 is 88.3 Å². The molecule has 3 aliphatic rings. The van der Waals surface area contributed by atoms with E-state index >= 15 is 8.78 Å². The van der Waals surface area contributed by atoms with Crippen molar-refractivity contribution in [3.05, 3.63) is 75.6 Å². The number of H-pyrrole nitrogens is 1. The Morgan fingerprint density at radius 2 is 1.56 bits per heavy atom. The first kappa shape index (κ1) is 48.1. The fourth-order valence-corrected chi connectivity index (χ4v) is 11.8. The van der Waals surface area contributed by atoms with Crippen LogP contribution in [0.25, 0.3) is 11.2 Å². The number of nitrogens with one attached hydrogen (secondary N) is 1. The second-order valence-corrected chi connectivity index (χ2v) is 21.0. The number of hydrogen-bond donors (Lipinski definition) is 3. The number of aromatic amines is 1. The third-order valence-corrected chi connectivity index (χ3v) is 15.5. The molecule has 20 nitrogen and oxygen atoms in total. The molecule has 1 aromatic carbocycles. The van der Waals surface area contributed by atoms with Crippen LogP contribution < -0.4 is 21.7 Å². The second kappa shape index (κ2) is 21.6. The largest absolute Gasteiger partial charge is 0.472 e. The summed E-state index contributed by atoms with van der Waals surface area (Å²) in [5.41, 5.74) is 4.83. The van der Waals surface area contributed by atoms with Gasteiger partial charge in [0.25, 0.3) is 5.56 Å². The number of halogens is 2. The smallest absolute Gasteiger partial charge is 0.427 e. The third kappa shape index (κ3) is 11.9. The van der Waals surface area contributed by atoms with E-state index in [1.807, 2.05) is 4.98 Å². The molecule has 0 radical (unpaired) electrons. The van der Waals surface area contributed by atoms with Gasteiger partial charge >= 0.3 is 26.3 Å². The fraction of sp³-hybridized carbons (Fsp3) is 0.590. The lowest BCUT2D eigenvalue weighted by Gasteiger charge is -2.27. The molecule has 4 aromatic rings. The summed E-state index contributed by atoms with van der Waals surface area (Å²) in [5, 5.41) is 0. The van der Waals surface area contributed by atoms with Gasteiger partial charge in [-0.25, -0.2) is 37.7 Å². The third-order valence-electron chi connectivity index (χ3n) is 10.9. The van der Waals surface area contributed by atoms with Gasteiger partial charge in [0.05, 0.1) is 19.5 Å². The fourth-order valence-electron chi connectivity index (χ4n) is 7.54. The highest BCUT2D eigenvalue weighted by atomic mass is 32.7. The molecule has 0 spiro atoms. The summed E-state index contributed by atoms with van der Waals surface area (Å²) < 4.78 is 102. The summed E-state index contributed by atoms with van der Waals surface area (Å²) in [6.07, 6.45) is -0.0858. The topological polar surface area (TPSA) is 261 Å². The highest BCUT2D eigenvalue weighted by molar-refractivity contribution is 8.54. The number of nitrogens with zero attached hydrogens (tertiary/aromatic N) is 5. The SMILES string of the molecule is CCCCCCCCCCCCC(=O)Oc1ccc(CSP2(=O)OC[C@H]3O[C@@H](n4cnc5c(N)ncnc54)[C@H](OP(=O)(O)OC[C@H]4O[C@@H](n5ccc(=O)[nH]c5=O)[C@H](F)[C@@H]4O2)[C@@H]3F)cc1. The van der Waals surface area contributed by atoms with Crippen LogP contribution in [0, 0.1) is 0 Å². The number of ether oxygens (including phenoxy) is 3. The van der Waals surface area contributed by atoms with Crippen LogP contribution in [0.1, 0.15) is 95.6 Å². The number of phosphoric ester groups is 1. The standard InChI is InChI=1S/C39H51F2N7O13P2S/c1-2-3-4-5-6-7-8-9-10-11-12-29(50)57-25-15-13-24(14-16-25)21-64-63(54)56-19-26-30(40)34(38(58-26)48-23-45-32-35(42)43-22-44-36(32)48)60-62(52,53)55-20-27-33(61-63)31(41)37(59-27)47-18-17-28(49)46-39(47)51/h13-18,22-23,26-27,30-31,33-34,37-38H,2-12,19-21H2,1H3,(H,52,53)(H2,42,43,44)(H,46,49,51)/t26-,27-,30-,31-,33-,34-,37-,38-,63?/m1/s1. The predicted molar refractivity (Wildman–Crippen MR) is 228 cm³/mol. The Morgan fingerprint density at radius 3 is 2.28 bits per heavy atom. The van der Waals surface area contributed by atoms with Gasteiger partial charge in [-0.15, -0.1) is 0 Å². The number of benzene rings is 1. The van der Waals surface area contributed by atoms with Crippen LogP contribution >= 0.6 is 26.0 Å². The van der Waals surface area contributed by atoms with Crippen LogP contribution in [0.15, 0.2) is 58.8 Å². The number of nitrogens with two attached hydrogens (primary N) is 1. The van der Waals surface area contributed by atoms with Crippen molar-refractivity contribution in [3.8, 4) is 5.75 Å². The predicted octanol–water partition coefficient (Wildman–Crippen LogP) is 6.61. The van der Waals surface area contributed by atoms with Gasteiger partial charge in [-0.2, -0.15) is 0 Å². The number of unbranched alkanes of at least 4 members (excludes halogenated alkanes) is 9. The van der Waals surface area contributed by atoms with Gasteiger partial charge in [0.1, 0.15) is 42.0 Å². The Morgan fingerprint density at radius 1 is 0.875 bits per heavy atom. The molecule has 0 aliphatic carbocycles. The molecule has 64 heavy (non-hydrogen) atoms. The van der Waals surface area contributed by atoms with Crippen molar-refractivity contribution < 1.29 is 59.9 Å². The van der Waals surface area contributed by atoms with Gasteiger partial charge in [0.15, 0.2) is 36.3 Å². The summed E-state index contributed by atoms with van der Waals surface area (Å²) in [5.74, 6) is -0.185. The number of anilines is 1. The summed E-state index contributed by atoms with van der Waals surface area (Å²) in [6, 6.07) is 7.29. The number of imidazole rings is 1. The molecule has 2 bridgehead atoms. The number of fused-ring (bicyclic) bond motifs is 4. The average Bonchev–Trinajstić information content (AvgIpc) is 3.92. The zero-order valence-electron chi connectivity index (χ0n) is 34.9. The van der Waals surface area contributed by atoms with Gasteiger partial charge in [-0.05, 0) is 35.5 Å². The van der Waals surface area contributed by atoms with Crippen LogP contribution in [0.5, 0.6) is 5.75 Å². The van der Waals surface area contributed by atoms with E-state index in [-0.39, 0.29) is 35.1 Å². The van der Waals surface area contributed by atoms with E-state index in [0.29, 0.717) is 33.7 Å². The van der Waals surface area contributed by atoms with Gasteiger partial charge in [0.2, 0.25) is 0 Å². The number of aromatic nitrogens is 6. The molecule has 7 rings (SSSR count). The number of phosphoric acid groups is 1. The van der Waals surface area contributed by atoms with Crippen molar-refractivity contribution in [2.24, 2.45) is 0 Å². The van der Waals surface area contributed by atoms with E-state index in [9.17, 15) is 28.4 Å². The Hall–Kier alpha value is -3.89. The van der Waals surface area contributed by atoms with Crippen LogP contribution in [-0.4, -0.2) is 89.9 Å². The zero-order chi connectivity index (χ0) is 45.4. The van der Waals surface area contributed by atoms with Crippen molar-refractivity contribution in [1.82, 2.24) is 29.1 Å². The minimum atomic E-state index is -5.27. The number of carbonyl (C=O) groups is 1. The number of rotatable bonds is 17.